The van der Waals surface area contributed by atoms with Gasteiger partial charge in [0, 0.05) is 11.1 Å². The van der Waals surface area contributed by atoms with Crippen LogP contribution in [0.3, 0.4) is 0 Å². The fourth-order valence-corrected chi connectivity index (χ4v) is 4.29. The second kappa shape index (κ2) is 7.40. The van der Waals surface area contributed by atoms with Gasteiger partial charge in [0.05, 0.1) is 26.8 Å². The molecule has 1 aliphatic rings. The number of methoxy groups -OCH3 is 3. The highest BCUT2D eigenvalue weighted by Gasteiger charge is 2.21. The average Bonchev–Trinajstić information content (AvgIpc) is 3.38. The zero-order valence-corrected chi connectivity index (χ0v) is 17.5. The van der Waals surface area contributed by atoms with E-state index in [4.69, 9.17) is 14.2 Å². The van der Waals surface area contributed by atoms with Crippen molar-refractivity contribution in [2.24, 2.45) is 0 Å². The monoisotopic (exact) mass is 414 g/mol. The van der Waals surface area contributed by atoms with E-state index in [0.29, 0.717) is 28.5 Å². The van der Waals surface area contributed by atoms with Gasteiger partial charge in [0.25, 0.3) is 5.91 Å². The van der Waals surface area contributed by atoms with Crippen LogP contribution in [0.1, 0.15) is 21.6 Å². The van der Waals surface area contributed by atoms with E-state index in [1.54, 1.807) is 27.4 Å². The van der Waals surface area contributed by atoms with Crippen LogP contribution in [-0.4, -0.2) is 32.2 Å². The third-order valence-electron chi connectivity index (χ3n) is 5.72. The summed E-state index contributed by atoms with van der Waals surface area (Å²) in [5.74, 6) is 1.28. The molecular weight excluding hydrogens is 392 g/mol. The predicted molar refractivity (Wildman–Crippen MR) is 121 cm³/mol. The summed E-state index contributed by atoms with van der Waals surface area (Å²) in [7, 11) is 4.67. The minimum atomic E-state index is -0.230. The van der Waals surface area contributed by atoms with E-state index in [0.717, 1.165) is 17.5 Å². The van der Waals surface area contributed by atoms with Gasteiger partial charge in [0.2, 0.25) is 5.75 Å². The molecule has 6 nitrogen and oxygen atoms in total. The maximum Gasteiger partial charge on any atom is 0.272 e. The number of hydrogen-bond acceptors (Lipinski definition) is 4. The summed E-state index contributed by atoms with van der Waals surface area (Å²) in [4.78, 5) is 16.1. The van der Waals surface area contributed by atoms with Crippen LogP contribution in [-0.2, 0) is 6.42 Å². The molecule has 1 aromatic heterocycles. The van der Waals surface area contributed by atoms with Crippen molar-refractivity contribution < 1.29 is 19.0 Å². The number of aromatic amines is 1. The first-order chi connectivity index (χ1) is 15.1. The fourth-order valence-electron chi connectivity index (χ4n) is 4.29. The Morgan fingerprint density at radius 1 is 0.871 bits per heavy atom. The molecule has 2 N–H and O–H groups in total. The van der Waals surface area contributed by atoms with Crippen molar-refractivity contribution >= 4 is 22.5 Å². The Bertz CT molecular complexity index is 1320. The van der Waals surface area contributed by atoms with E-state index >= 15 is 0 Å². The van der Waals surface area contributed by atoms with E-state index in [9.17, 15) is 4.79 Å². The van der Waals surface area contributed by atoms with Gasteiger partial charge >= 0.3 is 0 Å². The molecule has 0 bridgehead atoms. The number of carbonyl (C=O) groups is 1. The van der Waals surface area contributed by atoms with Crippen LogP contribution in [0.4, 0.5) is 5.69 Å². The van der Waals surface area contributed by atoms with E-state index in [1.807, 2.05) is 18.2 Å². The fraction of sp³-hybridized carbons (Fsp3) is 0.160. The standard InChI is InChI=1S/C25H22N2O4/c1-29-21-13-16-12-20(27-22(16)24(31-3)23(21)30-2)25(28)26-17-8-9-19-15(11-17)10-14-6-4-5-7-18(14)19/h4-9,11-13,27H,10H2,1-3H3,(H,26,28). The zero-order valence-electron chi connectivity index (χ0n) is 17.5. The topological polar surface area (TPSA) is 72.6 Å². The Morgan fingerprint density at radius 3 is 2.42 bits per heavy atom. The van der Waals surface area contributed by atoms with Crippen LogP contribution in [0.2, 0.25) is 0 Å². The summed E-state index contributed by atoms with van der Waals surface area (Å²) < 4.78 is 16.3. The average molecular weight is 414 g/mol. The number of H-pyrrole nitrogens is 1. The largest absolute Gasteiger partial charge is 0.493 e. The van der Waals surface area contributed by atoms with Gasteiger partial charge in [0.15, 0.2) is 11.5 Å². The Morgan fingerprint density at radius 2 is 1.65 bits per heavy atom. The van der Waals surface area contributed by atoms with E-state index in [-0.39, 0.29) is 5.91 Å². The third kappa shape index (κ3) is 3.08. The number of ether oxygens (including phenoxy) is 3. The molecule has 0 aliphatic heterocycles. The number of amides is 1. The third-order valence-corrected chi connectivity index (χ3v) is 5.72. The molecule has 1 aliphatic carbocycles. The lowest BCUT2D eigenvalue weighted by Crippen LogP contribution is -2.12. The highest BCUT2D eigenvalue weighted by atomic mass is 16.5. The number of aromatic nitrogens is 1. The Kier molecular flexibility index (Phi) is 4.55. The number of hydrogen-bond donors (Lipinski definition) is 2. The number of benzene rings is 3. The molecule has 31 heavy (non-hydrogen) atoms. The highest BCUT2D eigenvalue weighted by Crippen LogP contribution is 2.43. The molecule has 156 valence electrons. The highest BCUT2D eigenvalue weighted by molar-refractivity contribution is 6.07. The molecule has 6 heteroatoms. The van der Waals surface area contributed by atoms with Gasteiger partial charge in [-0.05, 0) is 52.9 Å². The van der Waals surface area contributed by atoms with Gasteiger partial charge in [-0.25, -0.2) is 0 Å². The van der Waals surface area contributed by atoms with Crippen LogP contribution >= 0.6 is 0 Å². The Balaban J connectivity index is 1.45. The van der Waals surface area contributed by atoms with Crippen molar-refractivity contribution in [2.75, 3.05) is 26.6 Å². The van der Waals surface area contributed by atoms with Gasteiger partial charge in [-0.2, -0.15) is 0 Å². The number of rotatable bonds is 5. The van der Waals surface area contributed by atoms with Gasteiger partial charge in [0.1, 0.15) is 5.69 Å². The molecule has 0 radical (unpaired) electrons. The van der Waals surface area contributed by atoms with Crippen molar-refractivity contribution in [2.45, 2.75) is 6.42 Å². The first-order valence-electron chi connectivity index (χ1n) is 9.97. The Hall–Kier alpha value is -3.93. The normalized spacial score (nSPS) is 11.7. The predicted octanol–water partition coefficient (Wildman–Crippen LogP) is 5.02. The summed E-state index contributed by atoms with van der Waals surface area (Å²) in [6, 6.07) is 18.0. The van der Waals surface area contributed by atoms with Crippen molar-refractivity contribution in [3.63, 3.8) is 0 Å². The molecule has 0 fully saturated rings. The lowest BCUT2D eigenvalue weighted by atomic mass is 10.1. The van der Waals surface area contributed by atoms with E-state index in [1.165, 1.54) is 22.3 Å². The first kappa shape index (κ1) is 19.1. The number of carbonyl (C=O) groups excluding carboxylic acids is 1. The van der Waals surface area contributed by atoms with Gasteiger partial charge < -0.3 is 24.5 Å². The van der Waals surface area contributed by atoms with E-state index in [2.05, 4.69) is 40.6 Å². The smallest absolute Gasteiger partial charge is 0.272 e. The molecule has 3 aromatic carbocycles. The molecule has 0 spiro atoms. The van der Waals surface area contributed by atoms with Crippen LogP contribution in [0.15, 0.2) is 54.6 Å². The van der Waals surface area contributed by atoms with Crippen molar-refractivity contribution in [1.82, 2.24) is 4.98 Å². The number of nitrogens with one attached hydrogen (secondary N) is 2. The number of fused-ring (bicyclic) bond motifs is 4. The Labute approximate surface area is 179 Å². The van der Waals surface area contributed by atoms with Crippen LogP contribution in [0, 0.1) is 0 Å². The minimum Gasteiger partial charge on any atom is -0.493 e. The van der Waals surface area contributed by atoms with Crippen LogP contribution in [0.25, 0.3) is 22.0 Å². The van der Waals surface area contributed by atoms with Crippen molar-refractivity contribution in [3.05, 3.63) is 71.4 Å². The zero-order chi connectivity index (χ0) is 21.5. The first-order valence-corrected chi connectivity index (χ1v) is 9.97. The minimum absolute atomic E-state index is 0.230. The molecule has 0 saturated heterocycles. The van der Waals surface area contributed by atoms with E-state index < -0.39 is 0 Å². The molecule has 4 aromatic rings. The molecule has 1 heterocycles. The lowest BCUT2D eigenvalue weighted by molar-refractivity contribution is 0.102. The van der Waals surface area contributed by atoms with Gasteiger partial charge in [-0.1, -0.05) is 30.3 Å². The molecule has 0 unspecified atom stereocenters. The summed E-state index contributed by atoms with van der Waals surface area (Å²) in [6.45, 7) is 0. The number of anilines is 1. The lowest BCUT2D eigenvalue weighted by Gasteiger charge is -2.12. The maximum atomic E-state index is 13.0. The summed E-state index contributed by atoms with van der Waals surface area (Å²) >= 11 is 0. The molecular formula is C25H22N2O4. The summed E-state index contributed by atoms with van der Waals surface area (Å²) in [6.07, 6.45) is 0.873. The van der Waals surface area contributed by atoms with Crippen molar-refractivity contribution in [3.8, 4) is 28.4 Å². The second-order valence-corrected chi connectivity index (χ2v) is 7.45. The molecule has 5 rings (SSSR count). The maximum absolute atomic E-state index is 13.0. The van der Waals surface area contributed by atoms with Crippen molar-refractivity contribution in [1.29, 1.82) is 0 Å². The van der Waals surface area contributed by atoms with Crippen LogP contribution in [0.5, 0.6) is 17.2 Å². The quantitative estimate of drug-likeness (QED) is 0.424. The van der Waals surface area contributed by atoms with Crippen LogP contribution < -0.4 is 19.5 Å². The van der Waals surface area contributed by atoms with Gasteiger partial charge in [-0.15, -0.1) is 0 Å². The summed E-state index contributed by atoms with van der Waals surface area (Å²) in [5, 5.41) is 3.79. The summed E-state index contributed by atoms with van der Waals surface area (Å²) in [5.41, 5.74) is 6.88. The molecule has 0 atom stereocenters. The second-order valence-electron chi connectivity index (χ2n) is 7.45. The molecule has 1 amide bonds. The molecule has 0 saturated carbocycles. The van der Waals surface area contributed by atoms with Gasteiger partial charge in [-0.3, -0.25) is 4.79 Å². The SMILES string of the molecule is COc1cc2cc(C(=O)Nc3ccc4c(c3)Cc3ccccc3-4)[nH]c2c(OC)c1OC.